The fourth-order valence-corrected chi connectivity index (χ4v) is 2.74. The van der Waals surface area contributed by atoms with E-state index in [1.54, 1.807) is 11.3 Å². The van der Waals surface area contributed by atoms with Crippen LogP contribution in [0.3, 0.4) is 0 Å². The van der Waals surface area contributed by atoms with Crippen LogP contribution in [-0.4, -0.2) is 4.98 Å². The van der Waals surface area contributed by atoms with Gasteiger partial charge in [-0.1, -0.05) is 23.5 Å². The van der Waals surface area contributed by atoms with Crippen molar-refractivity contribution < 1.29 is 4.74 Å². The van der Waals surface area contributed by atoms with Crippen molar-refractivity contribution in [1.82, 2.24) is 4.98 Å². The van der Waals surface area contributed by atoms with Gasteiger partial charge in [0.25, 0.3) is 5.19 Å². The maximum atomic E-state index is 5.88. The number of nitrogen functional groups attached to an aromatic ring is 1. The Labute approximate surface area is 115 Å². The number of nitrogens with two attached hydrogens (primary N) is 1. The molecule has 0 atom stereocenters. The van der Waals surface area contributed by atoms with E-state index in [0.717, 1.165) is 32.8 Å². The quantitative estimate of drug-likeness (QED) is 0.707. The molecule has 0 aliphatic carbocycles. The highest BCUT2D eigenvalue weighted by Crippen LogP contribution is 2.33. The first-order valence-corrected chi connectivity index (χ1v) is 6.85. The Bertz CT molecular complexity index is 716. The van der Waals surface area contributed by atoms with Gasteiger partial charge in [-0.25, -0.2) is 4.98 Å². The van der Waals surface area contributed by atoms with Crippen molar-refractivity contribution in [3.05, 3.63) is 47.5 Å². The van der Waals surface area contributed by atoms with Crippen LogP contribution in [0, 0.1) is 13.8 Å². The summed E-state index contributed by atoms with van der Waals surface area (Å²) in [5.41, 5.74) is 9.66. The van der Waals surface area contributed by atoms with Gasteiger partial charge in [0.1, 0.15) is 5.75 Å². The molecule has 4 heteroatoms. The summed E-state index contributed by atoms with van der Waals surface area (Å²) in [6, 6.07) is 11.9. The van der Waals surface area contributed by atoms with Crippen LogP contribution < -0.4 is 10.5 Å². The van der Waals surface area contributed by atoms with Crippen molar-refractivity contribution in [3.8, 4) is 10.9 Å². The number of fused-ring (bicyclic) bond motifs is 1. The van der Waals surface area contributed by atoms with Crippen LogP contribution in [0.15, 0.2) is 36.4 Å². The minimum absolute atomic E-state index is 0.661. The molecule has 0 amide bonds. The van der Waals surface area contributed by atoms with E-state index < -0.39 is 0 Å². The molecule has 3 aromatic rings. The summed E-state index contributed by atoms with van der Waals surface area (Å²) in [4.78, 5) is 4.47. The number of nitrogens with zero attached hydrogens (tertiary/aromatic N) is 1. The van der Waals surface area contributed by atoms with Crippen molar-refractivity contribution in [2.45, 2.75) is 13.8 Å². The van der Waals surface area contributed by atoms with E-state index in [2.05, 4.69) is 4.98 Å². The highest BCUT2D eigenvalue weighted by Gasteiger charge is 2.08. The summed E-state index contributed by atoms with van der Waals surface area (Å²) < 4.78 is 7.01. The van der Waals surface area contributed by atoms with Crippen molar-refractivity contribution >= 4 is 27.2 Å². The molecule has 0 fully saturated rings. The van der Waals surface area contributed by atoms with Crippen LogP contribution in [0.5, 0.6) is 10.9 Å². The lowest BCUT2D eigenvalue weighted by Crippen LogP contribution is -1.93. The van der Waals surface area contributed by atoms with E-state index in [-0.39, 0.29) is 0 Å². The SMILES string of the molecule is Cc1cc(Oc2nc3ccccc3s2)c(C)cc1N. The second-order valence-electron chi connectivity index (χ2n) is 4.52. The third-order valence-electron chi connectivity index (χ3n) is 3.04. The van der Waals surface area contributed by atoms with Crippen LogP contribution in [0.2, 0.25) is 0 Å². The molecule has 0 unspecified atom stereocenters. The van der Waals surface area contributed by atoms with E-state index >= 15 is 0 Å². The normalized spacial score (nSPS) is 10.8. The molecular weight excluding hydrogens is 256 g/mol. The molecule has 2 N–H and O–H groups in total. The molecule has 0 bridgehead atoms. The van der Waals surface area contributed by atoms with Crippen LogP contribution >= 0.6 is 11.3 Å². The van der Waals surface area contributed by atoms with Crippen LogP contribution in [0.4, 0.5) is 5.69 Å². The molecular formula is C15H14N2OS. The number of anilines is 1. The minimum Gasteiger partial charge on any atom is -0.431 e. The van der Waals surface area contributed by atoms with E-state index in [1.807, 2.05) is 50.2 Å². The monoisotopic (exact) mass is 270 g/mol. The Balaban J connectivity index is 1.98. The van der Waals surface area contributed by atoms with E-state index in [1.165, 1.54) is 0 Å². The largest absolute Gasteiger partial charge is 0.431 e. The summed E-state index contributed by atoms with van der Waals surface area (Å²) in [6.07, 6.45) is 0. The third kappa shape index (κ3) is 2.27. The first kappa shape index (κ1) is 12.0. The molecule has 2 aromatic carbocycles. The van der Waals surface area contributed by atoms with Crippen molar-refractivity contribution in [2.75, 3.05) is 5.73 Å². The second-order valence-corrected chi connectivity index (χ2v) is 5.52. The molecule has 0 spiro atoms. The molecule has 3 rings (SSSR count). The van der Waals surface area contributed by atoms with Gasteiger partial charge in [-0.15, -0.1) is 0 Å². The average molecular weight is 270 g/mol. The van der Waals surface area contributed by atoms with Crippen LogP contribution in [-0.2, 0) is 0 Å². The number of ether oxygens (including phenoxy) is 1. The van der Waals surface area contributed by atoms with Gasteiger partial charge >= 0.3 is 0 Å². The number of aryl methyl sites for hydroxylation is 2. The zero-order valence-corrected chi connectivity index (χ0v) is 11.6. The van der Waals surface area contributed by atoms with Gasteiger partial charge < -0.3 is 10.5 Å². The molecule has 1 heterocycles. The molecule has 3 nitrogen and oxygen atoms in total. The number of benzene rings is 2. The summed E-state index contributed by atoms with van der Waals surface area (Å²) >= 11 is 1.55. The minimum atomic E-state index is 0.661. The molecule has 1 aromatic heterocycles. The molecule has 0 saturated carbocycles. The maximum absolute atomic E-state index is 5.88. The first-order chi connectivity index (χ1) is 9.13. The maximum Gasteiger partial charge on any atom is 0.279 e. The average Bonchev–Trinajstić information content (AvgIpc) is 2.78. The molecule has 0 saturated heterocycles. The van der Waals surface area contributed by atoms with Gasteiger partial charge in [0.15, 0.2) is 0 Å². The zero-order chi connectivity index (χ0) is 13.4. The number of aromatic nitrogens is 1. The Morgan fingerprint density at radius 1 is 1.11 bits per heavy atom. The van der Waals surface area contributed by atoms with Crippen LogP contribution in [0.25, 0.3) is 10.2 Å². The Morgan fingerprint density at radius 3 is 2.68 bits per heavy atom. The fourth-order valence-electron chi connectivity index (χ4n) is 1.91. The Morgan fingerprint density at radius 2 is 1.89 bits per heavy atom. The number of thiazole rings is 1. The number of hydrogen-bond donors (Lipinski definition) is 1. The predicted octanol–water partition coefficient (Wildman–Crippen LogP) is 4.29. The van der Waals surface area contributed by atoms with E-state index in [9.17, 15) is 0 Å². The van der Waals surface area contributed by atoms with E-state index in [4.69, 9.17) is 10.5 Å². The number of para-hydroxylation sites is 1. The summed E-state index contributed by atoms with van der Waals surface area (Å²) in [6.45, 7) is 3.96. The van der Waals surface area contributed by atoms with Gasteiger partial charge in [-0.2, -0.15) is 0 Å². The van der Waals surface area contributed by atoms with Crippen molar-refractivity contribution in [3.63, 3.8) is 0 Å². The second kappa shape index (κ2) is 4.55. The van der Waals surface area contributed by atoms with Gasteiger partial charge in [0.2, 0.25) is 0 Å². The van der Waals surface area contributed by atoms with E-state index in [0.29, 0.717) is 5.19 Å². The number of hydrogen-bond acceptors (Lipinski definition) is 4. The third-order valence-corrected chi connectivity index (χ3v) is 3.95. The topological polar surface area (TPSA) is 48.1 Å². The standard InChI is InChI=1S/C15H14N2OS/c1-9-8-13(10(2)7-11(9)16)18-15-17-12-5-3-4-6-14(12)19-15/h3-8H,16H2,1-2H3. The van der Waals surface area contributed by atoms with Gasteiger partial charge in [-0.3, -0.25) is 0 Å². The first-order valence-electron chi connectivity index (χ1n) is 6.03. The molecule has 0 radical (unpaired) electrons. The zero-order valence-electron chi connectivity index (χ0n) is 10.8. The van der Waals surface area contributed by atoms with Crippen LogP contribution in [0.1, 0.15) is 11.1 Å². The number of rotatable bonds is 2. The highest BCUT2D eigenvalue weighted by molar-refractivity contribution is 7.20. The van der Waals surface area contributed by atoms with Gasteiger partial charge in [-0.05, 0) is 49.2 Å². The predicted molar refractivity (Wildman–Crippen MR) is 80.0 cm³/mol. The lowest BCUT2D eigenvalue weighted by Gasteiger charge is -2.08. The van der Waals surface area contributed by atoms with Gasteiger partial charge in [0, 0.05) is 5.69 Å². The molecule has 0 aliphatic rings. The molecule has 19 heavy (non-hydrogen) atoms. The lowest BCUT2D eigenvalue weighted by molar-refractivity contribution is 0.476. The van der Waals surface area contributed by atoms with Crippen molar-refractivity contribution in [2.24, 2.45) is 0 Å². The van der Waals surface area contributed by atoms with Crippen molar-refractivity contribution in [1.29, 1.82) is 0 Å². The highest BCUT2D eigenvalue weighted by atomic mass is 32.1. The Kier molecular flexibility index (Phi) is 2.87. The smallest absolute Gasteiger partial charge is 0.279 e. The lowest BCUT2D eigenvalue weighted by atomic mass is 10.1. The molecule has 96 valence electrons. The van der Waals surface area contributed by atoms with Gasteiger partial charge in [0.05, 0.1) is 10.2 Å². The summed E-state index contributed by atoms with van der Waals surface area (Å²) in [5, 5.41) is 0.661. The molecule has 0 aliphatic heterocycles. The summed E-state index contributed by atoms with van der Waals surface area (Å²) in [7, 11) is 0. The summed E-state index contributed by atoms with van der Waals surface area (Å²) in [5.74, 6) is 0.811. The fraction of sp³-hybridized carbons (Fsp3) is 0.133. The Hall–Kier alpha value is -2.07.